The third-order valence-corrected chi connectivity index (χ3v) is 7.82. The predicted octanol–water partition coefficient (Wildman–Crippen LogP) is 3.28. The van der Waals surface area contributed by atoms with Gasteiger partial charge in [-0.3, -0.25) is 4.79 Å². The zero-order valence-corrected chi connectivity index (χ0v) is 19.7. The van der Waals surface area contributed by atoms with Gasteiger partial charge in [0.2, 0.25) is 5.60 Å². The molecule has 1 aromatic heterocycles. The summed E-state index contributed by atoms with van der Waals surface area (Å²) in [6.45, 7) is 0.644. The van der Waals surface area contributed by atoms with E-state index in [0.717, 1.165) is 22.4 Å². The fraction of sp³-hybridized carbons (Fsp3) is 0.207. The van der Waals surface area contributed by atoms with E-state index in [1.807, 2.05) is 71.4 Å². The van der Waals surface area contributed by atoms with E-state index in [2.05, 4.69) is 4.98 Å². The highest BCUT2D eigenvalue weighted by Gasteiger charge is 2.62. The molecule has 3 N–H and O–H groups in total. The van der Waals surface area contributed by atoms with Crippen LogP contribution in [-0.4, -0.2) is 43.5 Å². The van der Waals surface area contributed by atoms with Gasteiger partial charge in [-0.05, 0) is 17.2 Å². The van der Waals surface area contributed by atoms with E-state index in [4.69, 9.17) is 5.73 Å². The number of imidazole rings is 1. The Labute approximate surface area is 209 Å². The molecular weight excluding hydrogens is 452 g/mol. The average molecular weight is 480 g/mol. The maximum atomic E-state index is 14.8. The molecule has 2 aliphatic rings. The van der Waals surface area contributed by atoms with Crippen LogP contribution in [0.25, 0.3) is 16.8 Å². The Kier molecular flexibility index (Phi) is 5.14. The number of primary amides is 1. The number of carbonyl (C=O) groups is 2. The van der Waals surface area contributed by atoms with Crippen molar-refractivity contribution in [1.82, 2.24) is 9.55 Å². The molecule has 2 heterocycles. The molecule has 180 valence electrons. The van der Waals surface area contributed by atoms with Crippen LogP contribution in [0.4, 0.5) is 0 Å². The summed E-state index contributed by atoms with van der Waals surface area (Å²) >= 11 is 0. The molecule has 0 spiro atoms. The van der Waals surface area contributed by atoms with Gasteiger partial charge < -0.3 is 15.4 Å². The number of aromatic nitrogens is 2. The summed E-state index contributed by atoms with van der Waals surface area (Å²) in [6, 6.07) is 21.9. The third kappa shape index (κ3) is 3.10. The number of carbonyl (C=O) groups excluding carboxylic acids is 2. The SMILES string of the molecule is NC(=O)[C@@H]1CCC[N+]1(Cc1ccccc1-n1ccnc1)C(=O)C1(O)c2ccccc2-c2ccccc21. The number of nitrogens with two attached hydrogens (primary N) is 1. The third-order valence-electron chi connectivity index (χ3n) is 7.82. The predicted molar refractivity (Wildman–Crippen MR) is 134 cm³/mol. The highest BCUT2D eigenvalue weighted by molar-refractivity contribution is 5.97. The van der Waals surface area contributed by atoms with Crippen molar-refractivity contribution in [2.24, 2.45) is 5.73 Å². The van der Waals surface area contributed by atoms with Crippen molar-refractivity contribution in [2.45, 2.75) is 31.0 Å². The lowest BCUT2D eigenvalue weighted by atomic mass is 9.88. The van der Waals surface area contributed by atoms with Gasteiger partial charge in [0, 0.05) is 41.9 Å². The molecule has 0 saturated carbocycles. The first kappa shape index (κ1) is 22.4. The Bertz CT molecular complexity index is 1430. The summed E-state index contributed by atoms with van der Waals surface area (Å²) in [5.41, 5.74) is 8.53. The first-order valence-electron chi connectivity index (χ1n) is 12.2. The van der Waals surface area contributed by atoms with E-state index < -0.39 is 23.5 Å². The van der Waals surface area contributed by atoms with Gasteiger partial charge in [0.15, 0.2) is 6.04 Å². The van der Waals surface area contributed by atoms with Gasteiger partial charge in [-0.1, -0.05) is 66.7 Å². The van der Waals surface area contributed by atoms with E-state index >= 15 is 0 Å². The molecule has 1 unspecified atom stereocenters. The van der Waals surface area contributed by atoms with Gasteiger partial charge >= 0.3 is 5.91 Å². The minimum absolute atomic E-state index is 0.230. The van der Waals surface area contributed by atoms with E-state index in [1.54, 1.807) is 24.7 Å². The second-order valence-corrected chi connectivity index (χ2v) is 9.68. The monoisotopic (exact) mass is 479 g/mol. The minimum atomic E-state index is -1.89. The standard InChI is InChI=1S/C29H26N4O3/c30-27(34)26-14-7-17-33(26,18-20-8-1-6-13-25(20)32-16-15-31-19-32)28(35)29(36)23-11-4-2-9-21(23)22-10-3-5-12-24(22)29/h1-6,8-13,15-16,19,26,36H,7,14,17-18H2,(H-,30,34)/p+1/t26-,33?/m0/s1. The summed E-state index contributed by atoms with van der Waals surface area (Å²) in [5, 5.41) is 12.4. The number of aliphatic hydroxyl groups is 1. The maximum Gasteiger partial charge on any atom is 0.355 e. The molecule has 3 aromatic carbocycles. The summed E-state index contributed by atoms with van der Waals surface area (Å²) in [4.78, 5) is 31.8. The van der Waals surface area contributed by atoms with E-state index in [1.165, 1.54) is 0 Å². The topological polar surface area (TPSA) is 98.2 Å². The van der Waals surface area contributed by atoms with E-state index in [0.29, 0.717) is 30.5 Å². The summed E-state index contributed by atoms with van der Waals surface area (Å²) in [6.07, 6.45) is 6.40. The quantitative estimate of drug-likeness (QED) is 0.429. The van der Waals surface area contributed by atoms with Crippen molar-refractivity contribution < 1.29 is 19.2 Å². The van der Waals surface area contributed by atoms with Crippen LogP contribution in [0, 0.1) is 0 Å². The Morgan fingerprint density at radius 1 is 1.00 bits per heavy atom. The van der Waals surface area contributed by atoms with Crippen LogP contribution in [0.2, 0.25) is 0 Å². The van der Waals surface area contributed by atoms with Crippen molar-refractivity contribution >= 4 is 11.8 Å². The van der Waals surface area contributed by atoms with Crippen LogP contribution < -0.4 is 5.73 Å². The van der Waals surface area contributed by atoms with Crippen LogP contribution in [0.15, 0.2) is 91.5 Å². The summed E-state index contributed by atoms with van der Waals surface area (Å²) in [5.74, 6) is -0.939. The first-order chi connectivity index (χ1) is 17.5. The number of hydrogen-bond acceptors (Lipinski definition) is 4. The molecule has 1 saturated heterocycles. The normalized spacial score (nSPS) is 21.6. The molecule has 0 bridgehead atoms. The van der Waals surface area contributed by atoms with Crippen molar-refractivity contribution in [3.05, 3.63) is 108 Å². The van der Waals surface area contributed by atoms with Crippen LogP contribution in [0.3, 0.4) is 0 Å². The van der Waals surface area contributed by atoms with Crippen molar-refractivity contribution in [1.29, 1.82) is 0 Å². The number of benzene rings is 3. The molecule has 2 amide bonds. The number of fused-ring (bicyclic) bond motifs is 3. The molecule has 1 aliphatic heterocycles. The maximum absolute atomic E-state index is 14.8. The summed E-state index contributed by atoms with van der Waals surface area (Å²) in [7, 11) is 0. The van der Waals surface area contributed by atoms with Crippen LogP contribution in [0.5, 0.6) is 0 Å². The fourth-order valence-electron chi connectivity index (χ4n) is 6.23. The van der Waals surface area contributed by atoms with Gasteiger partial charge in [-0.2, -0.15) is 0 Å². The highest BCUT2D eigenvalue weighted by atomic mass is 16.3. The van der Waals surface area contributed by atoms with Crippen molar-refractivity contribution in [2.75, 3.05) is 6.54 Å². The lowest BCUT2D eigenvalue weighted by Crippen LogP contribution is -2.65. The molecule has 7 heteroatoms. The lowest BCUT2D eigenvalue weighted by Gasteiger charge is -2.41. The number of hydrogen-bond donors (Lipinski definition) is 2. The number of nitrogens with zero attached hydrogens (tertiary/aromatic N) is 3. The number of quaternary nitrogens is 1. The highest BCUT2D eigenvalue weighted by Crippen LogP contribution is 2.50. The molecule has 1 aliphatic carbocycles. The zero-order valence-electron chi connectivity index (χ0n) is 19.7. The first-order valence-corrected chi connectivity index (χ1v) is 12.2. The molecule has 36 heavy (non-hydrogen) atoms. The fourth-order valence-corrected chi connectivity index (χ4v) is 6.23. The van der Waals surface area contributed by atoms with Gasteiger partial charge in [-0.15, -0.1) is 0 Å². The zero-order chi connectivity index (χ0) is 24.9. The van der Waals surface area contributed by atoms with Crippen molar-refractivity contribution in [3.63, 3.8) is 0 Å². The largest absolute Gasteiger partial charge is 0.369 e. The number of rotatable bonds is 5. The molecule has 4 aromatic rings. The molecule has 0 radical (unpaired) electrons. The van der Waals surface area contributed by atoms with Gasteiger partial charge in [0.05, 0.1) is 18.6 Å². The van der Waals surface area contributed by atoms with Crippen molar-refractivity contribution in [3.8, 4) is 16.8 Å². The van der Waals surface area contributed by atoms with Gasteiger partial charge in [0.1, 0.15) is 6.54 Å². The van der Waals surface area contributed by atoms with Gasteiger partial charge in [0.25, 0.3) is 5.91 Å². The second kappa shape index (κ2) is 8.26. The minimum Gasteiger partial charge on any atom is -0.369 e. The average Bonchev–Trinajstić information content (AvgIpc) is 3.64. The Morgan fingerprint density at radius 3 is 2.28 bits per heavy atom. The molecule has 6 rings (SSSR count). The van der Waals surface area contributed by atoms with Gasteiger partial charge in [-0.25, -0.2) is 14.3 Å². The van der Waals surface area contributed by atoms with E-state index in [-0.39, 0.29) is 11.0 Å². The Morgan fingerprint density at radius 2 is 1.64 bits per heavy atom. The molecule has 2 atom stereocenters. The van der Waals surface area contributed by atoms with Crippen LogP contribution in [0.1, 0.15) is 29.5 Å². The summed E-state index contributed by atoms with van der Waals surface area (Å²) < 4.78 is 1.65. The number of para-hydroxylation sites is 1. The number of likely N-dealkylation sites (tertiary alicyclic amines) is 1. The molecule has 1 fully saturated rings. The smallest absolute Gasteiger partial charge is 0.355 e. The molecule has 7 nitrogen and oxygen atoms in total. The molecular formula is C29H27N4O3+. The van der Waals surface area contributed by atoms with E-state index in [9.17, 15) is 14.7 Å². The lowest BCUT2D eigenvalue weighted by molar-refractivity contribution is -0.873. The second-order valence-electron chi connectivity index (χ2n) is 9.68. The Hall–Kier alpha value is -4.07. The Balaban J connectivity index is 1.54. The number of amides is 2. The van der Waals surface area contributed by atoms with Crippen LogP contribution >= 0.6 is 0 Å². The van der Waals surface area contributed by atoms with Crippen LogP contribution in [-0.2, 0) is 21.7 Å².